The first kappa shape index (κ1) is 20.1. The van der Waals surface area contributed by atoms with Crippen molar-refractivity contribution in [2.45, 2.75) is 39.3 Å². The van der Waals surface area contributed by atoms with Gasteiger partial charge in [-0.05, 0) is 29.9 Å². The van der Waals surface area contributed by atoms with Crippen molar-refractivity contribution in [3.05, 3.63) is 65.6 Å². The molecule has 1 aliphatic rings. The molecule has 156 valence electrons. The lowest BCUT2D eigenvalue weighted by Gasteiger charge is -2.36. The largest absolute Gasteiger partial charge is 0.373 e. The van der Waals surface area contributed by atoms with Crippen LogP contribution in [0.2, 0.25) is 0 Å². The van der Waals surface area contributed by atoms with Crippen LogP contribution in [0.3, 0.4) is 0 Å². The van der Waals surface area contributed by atoms with E-state index in [9.17, 15) is 0 Å². The second-order valence-electron chi connectivity index (χ2n) is 8.67. The van der Waals surface area contributed by atoms with Crippen molar-refractivity contribution in [3.8, 4) is 0 Å². The van der Waals surface area contributed by atoms with Gasteiger partial charge in [0.15, 0.2) is 0 Å². The molecular formula is C23H29N7. The third kappa shape index (κ3) is 4.50. The molecule has 0 radical (unpaired) electrons. The Morgan fingerprint density at radius 3 is 2.67 bits per heavy atom. The number of aromatic nitrogens is 4. The molecule has 0 saturated carbocycles. The third-order valence-corrected chi connectivity index (χ3v) is 5.48. The second-order valence-corrected chi connectivity index (χ2v) is 8.67. The van der Waals surface area contributed by atoms with Gasteiger partial charge >= 0.3 is 0 Å². The standard InChI is InChI=1S/C23H29N7/c1-23(2)12-18(27-21-25-11-10-20(24-3)29-21)17-14-26-22(28-19(17)13-23)30(4)15-16-8-6-5-7-9-16/h5-11,14,18H,12-13,15H2,1-4H3,(H2,24,25,27,29)/t18-/m0/s1. The number of nitrogens with zero attached hydrogens (tertiary/aromatic N) is 5. The van der Waals surface area contributed by atoms with E-state index in [0.29, 0.717) is 5.95 Å². The first-order valence-corrected chi connectivity index (χ1v) is 10.3. The van der Waals surface area contributed by atoms with Gasteiger partial charge in [-0.1, -0.05) is 44.2 Å². The van der Waals surface area contributed by atoms with Crippen LogP contribution in [-0.2, 0) is 13.0 Å². The Hall–Kier alpha value is -3.22. The van der Waals surface area contributed by atoms with E-state index in [1.807, 2.05) is 32.4 Å². The van der Waals surface area contributed by atoms with Crippen LogP contribution in [0.4, 0.5) is 17.7 Å². The van der Waals surface area contributed by atoms with Gasteiger partial charge in [0.1, 0.15) is 5.82 Å². The van der Waals surface area contributed by atoms with E-state index in [2.05, 4.69) is 68.6 Å². The zero-order valence-electron chi connectivity index (χ0n) is 18.1. The molecule has 1 aliphatic carbocycles. The quantitative estimate of drug-likeness (QED) is 0.642. The van der Waals surface area contributed by atoms with Crippen molar-refractivity contribution < 1.29 is 0 Å². The van der Waals surface area contributed by atoms with Crippen molar-refractivity contribution in [2.24, 2.45) is 5.41 Å². The van der Waals surface area contributed by atoms with Gasteiger partial charge in [0.25, 0.3) is 0 Å². The molecule has 0 fully saturated rings. The Kier molecular flexibility index (Phi) is 5.53. The van der Waals surface area contributed by atoms with Crippen LogP contribution in [0.15, 0.2) is 48.8 Å². The molecule has 2 heterocycles. The fraction of sp³-hybridized carbons (Fsp3) is 0.391. The maximum atomic E-state index is 4.95. The van der Waals surface area contributed by atoms with E-state index in [0.717, 1.165) is 42.4 Å². The van der Waals surface area contributed by atoms with Gasteiger partial charge in [0.05, 0.1) is 11.7 Å². The lowest BCUT2D eigenvalue weighted by molar-refractivity contribution is 0.286. The number of fused-ring (bicyclic) bond motifs is 1. The molecule has 1 aromatic carbocycles. The highest BCUT2D eigenvalue weighted by Gasteiger charge is 2.34. The molecule has 0 bridgehead atoms. The summed E-state index contributed by atoms with van der Waals surface area (Å²) in [6.45, 7) is 5.34. The summed E-state index contributed by atoms with van der Waals surface area (Å²) in [5, 5.41) is 6.56. The highest BCUT2D eigenvalue weighted by Crippen LogP contribution is 2.41. The molecule has 3 aromatic rings. The smallest absolute Gasteiger partial charge is 0.225 e. The van der Waals surface area contributed by atoms with Gasteiger partial charge in [-0.2, -0.15) is 4.98 Å². The molecule has 2 N–H and O–H groups in total. The molecule has 1 atom stereocenters. The van der Waals surface area contributed by atoms with Crippen LogP contribution in [0.1, 0.15) is 43.1 Å². The summed E-state index contributed by atoms with van der Waals surface area (Å²) < 4.78 is 0. The van der Waals surface area contributed by atoms with E-state index in [1.54, 1.807) is 6.20 Å². The fourth-order valence-electron chi connectivity index (χ4n) is 4.00. The molecular weight excluding hydrogens is 374 g/mol. The molecule has 0 aliphatic heterocycles. The summed E-state index contributed by atoms with van der Waals surface area (Å²) in [5.41, 5.74) is 3.58. The SMILES string of the molecule is CNc1ccnc(N[C@H]2CC(C)(C)Cc3nc(N(C)Cc4ccccc4)ncc32)n1. The summed E-state index contributed by atoms with van der Waals surface area (Å²) in [5.74, 6) is 2.15. The lowest BCUT2D eigenvalue weighted by Crippen LogP contribution is -2.31. The van der Waals surface area contributed by atoms with E-state index < -0.39 is 0 Å². The zero-order chi connectivity index (χ0) is 21.1. The molecule has 7 heteroatoms. The summed E-state index contributed by atoms with van der Waals surface area (Å²) in [4.78, 5) is 20.6. The Balaban J connectivity index is 1.59. The summed E-state index contributed by atoms with van der Waals surface area (Å²) >= 11 is 0. The van der Waals surface area contributed by atoms with Crippen LogP contribution in [0, 0.1) is 5.41 Å². The number of hydrogen-bond acceptors (Lipinski definition) is 7. The van der Waals surface area contributed by atoms with Gasteiger partial charge in [0, 0.05) is 38.6 Å². The van der Waals surface area contributed by atoms with E-state index >= 15 is 0 Å². The van der Waals surface area contributed by atoms with Crippen LogP contribution in [0.5, 0.6) is 0 Å². The monoisotopic (exact) mass is 403 g/mol. The van der Waals surface area contributed by atoms with Gasteiger partial charge in [-0.15, -0.1) is 0 Å². The molecule has 0 saturated heterocycles. The average Bonchev–Trinajstić information content (AvgIpc) is 2.73. The summed E-state index contributed by atoms with van der Waals surface area (Å²) in [6.07, 6.45) is 5.62. The maximum Gasteiger partial charge on any atom is 0.225 e. The average molecular weight is 404 g/mol. The Morgan fingerprint density at radius 1 is 1.10 bits per heavy atom. The molecule has 4 rings (SSSR count). The predicted molar refractivity (Wildman–Crippen MR) is 121 cm³/mol. The van der Waals surface area contributed by atoms with E-state index in [4.69, 9.17) is 4.98 Å². The number of anilines is 3. The number of hydrogen-bond donors (Lipinski definition) is 2. The molecule has 0 spiro atoms. The Labute approximate surface area is 178 Å². The Bertz CT molecular complexity index is 1000. The van der Waals surface area contributed by atoms with Crippen molar-refractivity contribution in [1.29, 1.82) is 0 Å². The topological polar surface area (TPSA) is 78.9 Å². The molecule has 7 nitrogen and oxygen atoms in total. The normalized spacial score (nSPS) is 17.1. The zero-order valence-corrected chi connectivity index (χ0v) is 18.1. The maximum absolute atomic E-state index is 4.95. The molecule has 2 aromatic heterocycles. The Morgan fingerprint density at radius 2 is 1.90 bits per heavy atom. The van der Waals surface area contributed by atoms with Crippen LogP contribution >= 0.6 is 0 Å². The van der Waals surface area contributed by atoms with Gasteiger partial charge in [0.2, 0.25) is 11.9 Å². The second kappa shape index (κ2) is 8.26. The minimum absolute atomic E-state index is 0.0735. The van der Waals surface area contributed by atoms with Gasteiger partial charge < -0.3 is 15.5 Å². The molecule has 30 heavy (non-hydrogen) atoms. The van der Waals surface area contributed by atoms with Crippen LogP contribution in [-0.4, -0.2) is 34.0 Å². The predicted octanol–water partition coefficient (Wildman–Crippen LogP) is 4.07. The van der Waals surface area contributed by atoms with E-state index in [1.165, 1.54) is 5.56 Å². The highest BCUT2D eigenvalue weighted by molar-refractivity contribution is 5.43. The summed E-state index contributed by atoms with van der Waals surface area (Å²) in [6, 6.07) is 12.3. The van der Waals surface area contributed by atoms with Crippen molar-refractivity contribution in [1.82, 2.24) is 19.9 Å². The minimum atomic E-state index is 0.0735. The molecule has 0 amide bonds. The van der Waals surface area contributed by atoms with Crippen LogP contribution in [0.25, 0.3) is 0 Å². The van der Waals surface area contributed by atoms with Crippen molar-refractivity contribution in [2.75, 3.05) is 29.6 Å². The van der Waals surface area contributed by atoms with Crippen molar-refractivity contribution >= 4 is 17.7 Å². The van der Waals surface area contributed by atoms with Crippen molar-refractivity contribution in [3.63, 3.8) is 0 Å². The summed E-state index contributed by atoms with van der Waals surface area (Å²) in [7, 11) is 3.89. The number of nitrogens with one attached hydrogen (secondary N) is 2. The third-order valence-electron chi connectivity index (χ3n) is 5.48. The van der Waals surface area contributed by atoms with Gasteiger partial charge in [-0.25, -0.2) is 15.0 Å². The lowest BCUT2D eigenvalue weighted by atomic mass is 9.74. The molecule has 0 unspecified atom stereocenters. The number of rotatable bonds is 6. The number of benzene rings is 1. The fourth-order valence-corrected chi connectivity index (χ4v) is 4.00. The van der Waals surface area contributed by atoms with Crippen LogP contribution < -0.4 is 15.5 Å². The van der Waals surface area contributed by atoms with E-state index in [-0.39, 0.29) is 11.5 Å². The minimum Gasteiger partial charge on any atom is -0.373 e. The highest BCUT2D eigenvalue weighted by atomic mass is 15.2. The van der Waals surface area contributed by atoms with Gasteiger partial charge in [-0.3, -0.25) is 0 Å². The first-order valence-electron chi connectivity index (χ1n) is 10.3. The first-order chi connectivity index (χ1) is 14.4.